The molecule has 0 aliphatic heterocycles. The Labute approximate surface area is 161 Å². The summed E-state index contributed by atoms with van der Waals surface area (Å²) in [5.74, 6) is 1.40. The molecule has 8 heteroatoms. The zero-order valence-electron chi connectivity index (χ0n) is 14.5. The molecule has 0 saturated carbocycles. The number of ether oxygens (including phenoxy) is 1. The van der Waals surface area contributed by atoms with E-state index in [0.717, 1.165) is 31.7 Å². The zero-order valence-corrected chi connectivity index (χ0v) is 16.8. The lowest BCUT2D eigenvalue weighted by molar-refractivity contribution is -0.119. The van der Waals surface area contributed by atoms with Crippen molar-refractivity contribution >= 4 is 35.8 Å². The van der Waals surface area contributed by atoms with Crippen molar-refractivity contribution in [1.29, 1.82) is 0 Å². The van der Waals surface area contributed by atoms with Crippen molar-refractivity contribution < 1.29 is 13.9 Å². The molecule has 1 rings (SSSR count). The highest BCUT2D eigenvalue weighted by Gasteiger charge is 2.01. The average molecular weight is 452 g/mol. The maximum absolute atomic E-state index is 11.5. The van der Waals surface area contributed by atoms with E-state index in [1.807, 2.05) is 26.0 Å². The van der Waals surface area contributed by atoms with Gasteiger partial charge in [0, 0.05) is 26.2 Å². The molecular weight excluding hydrogens is 423 g/mol. The van der Waals surface area contributed by atoms with Crippen LogP contribution in [0.2, 0.25) is 0 Å². The number of halogens is 1. The van der Waals surface area contributed by atoms with Crippen molar-refractivity contribution in [3.63, 3.8) is 0 Å². The fraction of sp³-hybridized carbons (Fsp3) is 0.625. The van der Waals surface area contributed by atoms with Crippen molar-refractivity contribution in [3.8, 4) is 0 Å². The summed E-state index contributed by atoms with van der Waals surface area (Å²) in [6.07, 6.45) is 3.40. The molecule has 0 spiro atoms. The van der Waals surface area contributed by atoms with Gasteiger partial charge in [0.05, 0.1) is 6.26 Å². The van der Waals surface area contributed by atoms with Gasteiger partial charge in [0.15, 0.2) is 5.96 Å². The molecule has 7 nitrogen and oxygen atoms in total. The van der Waals surface area contributed by atoms with Crippen LogP contribution >= 0.6 is 24.0 Å². The highest BCUT2D eigenvalue weighted by atomic mass is 127. The van der Waals surface area contributed by atoms with Crippen molar-refractivity contribution in [2.45, 2.75) is 33.3 Å². The Balaban J connectivity index is 0.00000529. The number of nitrogens with one attached hydrogen (secondary N) is 3. The fourth-order valence-electron chi connectivity index (χ4n) is 1.76. The topological polar surface area (TPSA) is 87.9 Å². The minimum absolute atomic E-state index is 0. The number of aliphatic imine (C=N–C) groups is 1. The molecular formula is C16H29IN4O3. The quantitative estimate of drug-likeness (QED) is 0.207. The van der Waals surface area contributed by atoms with E-state index in [1.54, 1.807) is 6.26 Å². The minimum Gasteiger partial charge on any atom is -0.467 e. The Morgan fingerprint density at radius 3 is 2.75 bits per heavy atom. The van der Waals surface area contributed by atoms with Crippen molar-refractivity contribution in [2.24, 2.45) is 4.99 Å². The molecule has 0 fully saturated rings. The van der Waals surface area contributed by atoms with E-state index >= 15 is 0 Å². The summed E-state index contributed by atoms with van der Waals surface area (Å²) in [4.78, 5) is 15.8. The van der Waals surface area contributed by atoms with Gasteiger partial charge < -0.3 is 25.1 Å². The second-order valence-electron chi connectivity index (χ2n) is 4.96. The molecule has 3 N–H and O–H groups in total. The molecule has 1 aromatic rings. The smallest absolute Gasteiger partial charge is 0.241 e. The first-order valence-corrected chi connectivity index (χ1v) is 8.15. The Hall–Kier alpha value is -1.29. The van der Waals surface area contributed by atoms with Crippen LogP contribution in [-0.2, 0) is 16.1 Å². The van der Waals surface area contributed by atoms with Crippen LogP contribution in [0.25, 0.3) is 0 Å². The Bertz CT molecular complexity index is 452. The second-order valence-corrected chi connectivity index (χ2v) is 4.96. The van der Waals surface area contributed by atoms with Crippen LogP contribution in [0.5, 0.6) is 0 Å². The van der Waals surface area contributed by atoms with Crippen molar-refractivity contribution in [1.82, 2.24) is 16.0 Å². The van der Waals surface area contributed by atoms with Crippen LogP contribution in [0.3, 0.4) is 0 Å². The van der Waals surface area contributed by atoms with Crippen LogP contribution in [0.1, 0.15) is 32.4 Å². The van der Waals surface area contributed by atoms with Gasteiger partial charge >= 0.3 is 0 Å². The number of amides is 1. The molecule has 1 amide bonds. The molecule has 0 atom stereocenters. The maximum atomic E-state index is 11.5. The predicted molar refractivity (Wildman–Crippen MR) is 106 cm³/mol. The lowest BCUT2D eigenvalue weighted by atomic mass is 10.4. The van der Waals surface area contributed by atoms with Crippen LogP contribution < -0.4 is 16.0 Å². The molecule has 1 heterocycles. The van der Waals surface area contributed by atoms with E-state index in [2.05, 4.69) is 20.9 Å². The molecule has 138 valence electrons. The van der Waals surface area contributed by atoms with Gasteiger partial charge in [-0.25, -0.2) is 4.99 Å². The number of nitrogens with zero attached hydrogens (tertiary/aromatic N) is 1. The van der Waals surface area contributed by atoms with E-state index in [4.69, 9.17) is 9.15 Å². The number of hydrogen-bond donors (Lipinski definition) is 3. The van der Waals surface area contributed by atoms with E-state index in [1.165, 1.54) is 0 Å². The highest BCUT2D eigenvalue weighted by Crippen LogP contribution is 2.01. The third kappa shape index (κ3) is 11.3. The first-order chi connectivity index (χ1) is 11.3. The van der Waals surface area contributed by atoms with Gasteiger partial charge in [0.1, 0.15) is 18.9 Å². The van der Waals surface area contributed by atoms with Crippen LogP contribution in [-0.4, -0.2) is 44.7 Å². The maximum Gasteiger partial charge on any atom is 0.241 e. The summed E-state index contributed by atoms with van der Waals surface area (Å²) >= 11 is 0. The van der Waals surface area contributed by atoms with Gasteiger partial charge in [-0.2, -0.15) is 0 Å². The zero-order chi connectivity index (χ0) is 16.8. The minimum atomic E-state index is -0.0640. The van der Waals surface area contributed by atoms with Crippen LogP contribution in [0.15, 0.2) is 27.8 Å². The van der Waals surface area contributed by atoms with Gasteiger partial charge in [-0.15, -0.1) is 24.0 Å². The summed E-state index contributed by atoms with van der Waals surface area (Å²) in [6.45, 7) is 7.40. The Morgan fingerprint density at radius 2 is 2.08 bits per heavy atom. The number of guanidine groups is 1. The van der Waals surface area contributed by atoms with E-state index < -0.39 is 0 Å². The first-order valence-electron chi connectivity index (χ1n) is 8.15. The Morgan fingerprint density at radius 1 is 1.25 bits per heavy atom. The molecule has 1 aromatic heterocycles. The summed E-state index contributed by atoms with van der Waals surface area (Å²) < 4.78 is 10.7. The van der Waals surface area contributed by atoms with Gasteiger partial charge in [0.2, 0.25) is 5.91 Å². The summed E-state index contributed by atoms with van der Waals surface area (Å²) in [5.41, 5.74) is 0. The predicted octanol–water partition coefficient (Wildman–Crippen LogP) is 1.89. The number of carbonyl (C=O) groups excluding carboxylic acids is 1. The number of rotatable bonds is 11. The third-order valence-electron chi connectivity index (χ3n) is 2.88. The molecule has 0 saturated heterocycles. The standard InChI is InChI=1S/C16H28N4O3.HI/c1-3-8-18-15(21)12-20-16(17-4-2)19-9-6-10-22-13-14-7-5-11-23-14;/h5,7,11H,3-4,6,8-10,12-13H2,1-2H3,(H,18,21)(H2,17,19,20);1H. The Kier molecular flexibility index (Phi) is 14.4. The summed E-state index contributed by atoms with van der Waals surface area (Å²) in [6, 6.07) is 3.73. The van der Waals surface area contributed by atoms with Gasteiger partial charge in [0.25, 0.3) is 0 Å². The molecule has 0 bridgehead atoms. The van der Waals surface area contributed by atoms with Crippen molar-refractivity contribution in [2.75, 3.05) is 32.8 Å². The van der Waals surface area contributed by atoms with Gasteiger partial charge in [-0.05, 0) is 31.9 Å². The largest absolute Gasteiger partial charge is 0.467 e. The normalized spacial score (nSPS) is 10.8. The van der Waals surface area contributed by atoms with Crippen LogP contribution in [0, 0.1) is 0 Å². The molecule has 24 heavy (non-hydrogen) atoms. The van der Waals surface area contributed by atoms with E-state index in [-0.39, 0.29) is 36.4 Å². The second kappa shape index (κ2) is 15.3. The molecule has 0 radical (unpaired) electrons. The molecule has 0 aromatic carbocycles. The highest BCUT2D eigenvalue weighted by molar-refractivity contribution is 14.0. The van der Waals surface area contributed by atoms with Crippen molar-refractivity contribution in [3.05, 3.63) is 24.2 Å². The van der Waals surface area contributed by atoms with Crippen LogP contribution in [0.4, 0.5) is 0 Å². The number of furan rings is 1. The summed E-state index contributed by atoms with van der Waals surface area (Å²) in [7, 11) is 0. The number of hydrogen-bond acceptors (Lipinski definition) is 4. The van der Waals surface area contributed by atoms with Gasteiger partial charge in [-0.3, -0.25) is 4.79 Å². The monoisotopic (exact) mass is 452 g/mol. The lowest BCUT2D eigenvalue weighted by Crippen LogP contribution is -2.39. The molecule has 0 aliphatic carbocycles. The third-order valence-corrected chi connectivity index (χ3v) is 2.88. The van der Waals surface area contributed by atoms with Gasteiger partial charge in [-0.1, -0.05) is 6.92 Å². The SMILES string of the molecule is CCCNC(=O)CN=C(NCC)NCCCOCc1ccco1.I. The average Bonchev–Trinajstić information content (AvgIpc) is 3.07. The van der Waals surface area contributed by atoms with E-state index in [0.29, 0.717) is 25.7 Å². The molecule has 0 unspecified atom stereocenters. The van der Waals surface area contributed by atoms with E-state index in [9.17, 15) is 4.79 Å². The molecule has 0 aliphatic rings. The first kappa shape index (κ1) is 22.7. The number of carbonyl (C=O) groups is 1. The fourth-order valence-corrected chi connectivity index (χ4v) is 1.76. The lowest BCUT2D eigenvalue weighted by Gasteiger charge is -2.11. The summed E-state index contributed by atoms with van der Waals surface area (Å²) in [5, 5.41) is 9.09.